The van der Waals surface area contributed by atoms with Gasteiger partial charge in [-0.3, -0.25) is 19.1 Å². The second kappa shape index (κ2) is 17.2. The van der Waals surface area contributed by atoms with E-state index in [0.29, 0.717) is 59.8 Å². The van der Waals surface area contributed by atoms with E-state index in [1.165, 1.54) is 17.0 Å². The van der Waals surface area contributed by atoms with Gasteiger partial charge >= 0.3 is 12.5 Å². The molecular formula is C46H50F3N5O10S. The number of nitrogens with zero attached hydrogens (tertiary/aromatic N) is 2. The molecule has 4 amide bonds. The van der Waals surface area contributed by atoms with Crippen LogP contribution in [0.5, 0.6) is 11.5 Å². The Bertz CT molecular complexity index is 2640. The van der Waals surface area contributed by atoms with Gasteiger partial charge in [0.15, 0.2) is 11.3 Å². The fourth-order valence-electron chi connectivity index (χ4n) is 9.17. The van der Waals surface area contributed by atoms with Crippen LogP contribution in [0, 0.1) is 5.92 Å². The van der Waals surface area contributed by atoms with Gasteiger partial charge in [0, 0.05) is 29.4 Å². The average Bonchev–Trinajstić information content (AvgIpc) is 3.92. The highest BCUT2D eigenvalue weighted by Gasteiger charge is 2.63. The number of carbonyl (C=O) groups is 4. The van der Waals surface area contributed by atoms with Gasteiger partial charge in [0.1, 0.15) is 46.7 Å². The highest BCUT2D eigenvalue weighted by molar-refractivity contribution is 7.91. The first-order chi connectivity index (χ1) is 31.0. The number of furan rings is 1. The third kappa shape index (κ3) is 9.33. The van der Waals surface area contributed by atoms with Crippen LogP contribution >= 0.6 is 0 Å². The van der Waals surface area contributed by atoms with E-state index in [9.17, 15) is 40.8 Å². The number of rotatable bonds is 9. The molecule has 5 aliphatic rings. The van der Waals surface area contributed by atoms with Crippen molar-refractivity contribution in [2.24, 2.45) is 5.92 Å². The summed E-state index contributed by atoms with van der Waals surface area (Å²) in [5.41, 5.74) is 0.260. The fourth-order valence-corrected chi connectivity index (χ4v) is 10.5. The first-order valence-corrected chi connectivity index (χ1v) is 23.7. The van der Waals surface area contributed by atoms with Crippen LogP contribution in [0.1, 0.15) is 90.4 Å². The second-order valence-corrected chi connectivity index (χ2v) is 20.3. The van der Waals surface area contributed by atoms with E-state index in [2.05, 4.69) is 20.1 Å². The molecule has 1 saturated heterocycles. The molecule has 2 aliphatic heterocycles. The number of aromatic nitrogens is 1. The number of ether oxygens (including phenoxy) is 3. The Morgan fingerprint density at radius 1 is 0.969 bits per heavy atom. The lowest BCUT2D eigenvalue weighted by Crippen LogP contribution is -2.58. The molecule has 0 bridgehead atoms. The van der Waals surface area contributed by atoms with E-state index < -0.39 is 80.3 Å². The molecule has 2 aromatic heterocycles. The minimum Gasteiger partial charge on any atom is -0.484 e. The van der Waals surface area contributed by atoms with E-state index >= 15 is 0 Å². The quantitative estimate of drug-likeness (QED) is 0.142. The molecule has 346 valence electrons. The molecule has 3 aliphatic carbocycles. The topological polar surface area (TPSA) is 195 Å². The maximum absolute atomic E-state index is 14.8. The summed E-state index contributed by atoms with van der Waals surface area (Å²) in [5.74, 6) is -2.89. The number of benzene rings is 2. The van der Waals surface area contributed by atoms with E-state index in [0.717, 1.165) is 44.2 Å². The van der Waals surface area contributed by atoms with Gasteiger partial charge in [-0.2, -0.15) is 0 Å². The van der Waals surface area contributed by atoms with Crippen LogP contribution in [0.2, 0.25) is 0 Å². The van der Waals surface area contributed by atoms with Gasteiger partial charge in [0.2, 0.25) is 21.8 Å². The second-order valence-electron chi connectivity index (χ2n) is 18.1. The van der Waals surface area contributed by atoms with Gasteiger partial charge in [0.25, 0.3) is 5.91 Å². The third-order valence-electron chi connectivity index (χ3n) is 13.3. The Morgan fingerprint density at radius 2 is 1.71 bits per heavy atom. The number of alkyl carbamates (subject to hydrolysis) is 1. The first-order valence-electron chi connectivity index (χ1n) is 22.2. The number of allylic oxidation sites excluding steroid dienone is 1. The zero-order valence-corrected chi connectivity index (χ0v) is 36.5. The van der Waals surface area contributed by atoms with Crippen LogP contribution in [-0.4, -0.2) is 89.6 Å². The number of nitrogens with one attached hydrogen (secondary N) is 3. The number of sulfonamides is 1. The highest BCUT2D eigenvalue weighted by Crippen LogP contribution is 2.48. The largest absolute Gasteiger partial charge is 0.573 e. The lowest BCUT2D eigenvalue weighted by molar-refractivity contribution is -0.274. The molecule has 3 saturated carbocycles. The summed E-state index contributed by atoms with van der Waals surface area (Å²) in [6.45, 7) is 1.41. The maximum Gasteiger partial charge on any atom is 0.573 e. The zero-order valence-electron chi connectivity index (χ0n) is 35.7. The molecular weight excluding hydrogens is 872 g/mol. The van der Waals surface area contributed by atoms with Gasteiger partial charge < -0.3 is 34.2 Å². The molecule has 0 spiro atoms. The number of carbonyl (C=O) groups excluding carboxylic acids is 4. The molecule has 5 atom stereocenters. The number of hydrogen-bond donors (Lipinski definition) is 3. The molecule has 19 heteroatoms. The van der Waals surface area contributed by atoms with Gasteiger partial charge in [-0.1, -0.05) is 37.1 Å². The number of halogens is 3. The van der Waals surface area contributed by atoms with Crippen LogP contribution in [0.3, 0.4) is 0 Å². The van der Waals surface area contributed by atoms with Crippen molar-refractivity contribution in [2.75, 3.05) is 6.54 Å². The zero-order chi connectivity index (χ0) is 45.7. The van der Waals surface area contributed by atoms with Crippen molar-refractivity contribution < 1.29 is 59.4 Å². The summed E-state index contributed by atoms with van der Waals surface area (Å²) in [5, 5.41) is 6.29. The van der Waals surface area contributed by atoms with Crippen molar-refractivity contribution in [2.45, 2.75) is 131 Å². The van der Waals surface area contributed by atoms with Crippen molar-refractivity contribution in [3.63, 3.8) is 0 Å². The summed E-state index contributed by atoms with van der Waals surface area (Å²) >= 11 is 0. The van der Waals surface area contributed by atoms with Crippen LogP contribution in [0.4, 0.5) is 18.0 Å². The van der Waals surface area contributed by atoms with Crippen molar-refractivity contribution in [3.8, 4) is 22.8 Å². The number of amides is 4. The lowest BCUT2D eigenvalue weighted by Gasteiger charge is -2.30. The molecule has 0 radical (unpaired) electrons. The van der Waals surface area contributed by atoms with E-state index in [-0.39, 0.29) is 43.2 Å². The van der Waals surface area contributed by atoms with E-state index in [1.807, 2.05) is 12.2 Å². The molecule has 9 rings (SSSR count). The highest BCUT2D eigenvalue weighted by atomic mass is 32.2. The molecule has 3 N–H and O–H groups in total. The van der Waals surface area contributed by atoms with Crippen LogP contribution < -0.4 is 24.8 Å². The minimum absolute atomic E-state index is 0.0890. The van der Waals surface area contributed by atoms with Crippen LogP contribution in [-0.2, 0) is 29.1 Å². The maximum atomic E-state index is 14.8. The van der Waals surface area contributed by atoms with Crippen LogP contribution in [0.25, 0.3) is 33.3 Å². The van der Waals surface area contributed by atoms with Crippen molar-refractivity contribution in [1.29, 1.82) is 0 Å². The normalized spacial score (nSPS) is 26.6. The van der Waals surface area contributed by atoms with Gasteiger partial charge in [-0.25, -0.2) is 18.2 Å². The first kappa shape index (κ1) is 44.4. The van der Waals surface area contributed by atoms with Gasteiger partial charge in [0.05, 0.1) is 17.0 Å². The van der Waals surface area contributed by atoms with Gasteiger partial charge in [-0.15, -0.1) is 13.2 Å². The lowest BCUT2D eigenvalue weighted by atomic mass is 10.0. The van der Waals surface area contributed by atoms with Crippen LogP contribution in [0.15, 0.2) is 71.2 Å². The van der Waals surface area contributed by atoms with Crippen molar-refractivity contribution in [1.82, 2.24) is 25.2 Å². The molecule has 15 nitrogen and oxygen atoms in total. The Balaban J connectivity index is 1.05. The number of para-hydroxylation sites is 1. The Hall–Kier alpha value is -5.85. The number of fused-ring (bicyclic) bond motifs is 5. The van der Waals surface area contributed by atoms with Crippen molar-refractivity contribution >= 4 is 55.9 Å². The molecule has 4 fully saturated rings. The summed E-state index contributed by atoms with van der Waals surface area (Å²) in [4.78, 5) is 63.0. The summed E-state index contributed by atoms with van der Waals surface area (Å²) < 4.78 is 89.3. The number of alkyl halides is 3. The predicted molar refractivity (Wildman–Crippen MR) is 230 cm³/mol. The molecule has 2 aromatic carbocycles. The minimum atomic E-state index is -4.89. The Morgan fingerprint density at radius 3 is 2.45 bits per heavy atom. The number of hydrogen-bond acceptors (Lipinski definition) is 11. The van der Waals surface area contributed by atoms with Gasteiger partial charge in [-0.05, 0) is 108 Å². The molecule has 65 heavy (non-hydrogen) atoms. The molecule has 4 aromatic rings. The molecule has 0 unspecified atom stereocenters. The monoisotopic (exact) mass is 921 g/mol. The van der Waals surface area contributed by atoms with E-state index in [1.54, 1.807) is 37.3 Å². The van der Waals surface area contributed by atoms with E-state index in [4.69, 9.17) is 18.9 Å². The Kier molecular flexibility index (Phi) is 11.7. The van der Waals surface area contributed by atoms with Crippen molar-refractivity contribution in [3.05, 3.63) is 66.7 Å². The standard InChI is InChI=1S/C46H50F3N5O10S/c1-44(21-22-44)65(59,60)53-42(57)45-25-28(45)11-5-3-2-4-6-15-33(51-43(58)62-29-12-7-8-13-29)41(56)54-26-31(23-35(54)40(55)52-45)61-37-24-34(27-17-19-30(20-18-27)64-46(47,48)49)50-38-32-14-9-10-16-36(32)63-39(37)38/h5,9-11,14,16-20,24,28-29,31,33,35H,2-4,6-8,12-13,15,21-23,25-26H2,1H3,(H,51,58)(H,52,55)(H,53,57)/b11-5-/t28-,31+,33-,35-,45+/m0/s1. The third-order valence-corrected chi connectivity index (χ3v) is 15.5. The smallest absolute Gasteiger partial charge is 0.484 e. The SMILES string of the molecule is CC1(S(=O)(=O)NC(=O)[C@@]23C[C@@H]2/C=C\CCCCC[C@H](NC(=O)OC2CCCC2)C(=O)N2C[C@H](Oc4cc(-c5ccc(OC(F)(F)F)cc5)nc5c4oc4ccccc45)C[C@H]2C(=O)N3)CC1. The summed E-state index contributed by atoms with van der Waals surface area (Å²) in [6.07, 6.45) is 4.02. The summed E-state index contributed by atoms with van der Waals surface area (Å²) in [7, 11) is -4.07. The summed E-state index contributed by atoms with van der Waals surface area (Å²) in [6, 6.07) is 11.5. The average molecular weight is 922 g/mol. The Labute approximate surface area is 372 Å². The predicted octanol–water partition coefficient (Wildman–Crippen LogP) is 7.33. The fraction of sp³-hybridized carbons (Fsp3) is 0.500. The molecule has 4 heterocycles. The number of pyridine rings is 1.